The van der Waals surface area contributed by atoms with Crippen LogP contribution in [0.4, 0.5) is 11.5 Å². The average molecular weight is 416 g/mol. The zero-order valence-corrected chi connectivity index (χ0v) is 15.2. The molecule has 0 spiro atoms. The van der Waals surface area contributed by atoms with Gasteiger partial charge in [0, 0.05) is 29.1 Å². The first-order valence-corrected chi connectivity index (χ1v) is 8.90. The maximum atomic E-state index is 11.7. The molecular formula is C17H14BrN5O3. The molecule has 1 fully saturated rings. The summed E-state index contributed by atoms with van der Waals surface area (Å²) in [5.41, 5.74) is 0.374. The second-order valence-corrected chi connectivity index (χ2v) is 6.70. The third kappa shape index (κ3) is 2.94. The fourth-order valence-electron chi connectivity index (χ4n) is 3.05. The number of anilines is 1. The van der Waals surface area contributed by atoms with Crippen molar-refractivity contribution in [1.82, 2.24) is 15.0 Å². The molecule has 0 atom stereocenters. The Kier molecular flexibility index (Phi) is 4.37. The molecular weight excluding hydrogens is 402 g/mol. The minimum atomic E-state index is -0.489. The first-order valence-electron chi connectivity index (χ1n) is 8.10. The van der Waals surface area contributed by atoms with Gasteiger partial charge in [-0.25, -0.2) is 4.98 Å². The van der Waals surface area contributed by atoms with Crippen molar-refractivity contribution >= 4 is 38.3 Å². The van der Waals surface area contributed by atoms with E-state index in [0.29, 0.717) is 17.1 Å². The first-order chi connectivity index (χ1) is 12.6. The fraction of sp³-hybridized carbons (Fsp3) is 0.235. The van der Waals surface area contributed by atoms with Crippen LogP contribution in [-0.4, -0.2) is 33.0 Å². The minimum Gasteiger partial charge on any atom is -0.431 e. The molecule has 0 saturated carbocycles. The van der Waals surface area contributed by atoms with Crippen LogP contribution in [0.2, 0.25) is 0 Å². The second kappa shape index (κ2) is 6.83. The minimum absolute atomic E-state index is 0.0822. The highest BCUT2D eigenvalue weighted by molar-refractivity contribution is 9.10. The Morgan fingerprint density at radius 1 is 1.15 bits per heavy atom. The Balaban J connectivity index is 1.81. The number of fused-ring (bicyclic) bond motifs is 1. The lowest BCUT2D eigenvalue weighted by Gasteiger charge is -2.17. The van der Waals surface area contributed by atoms with Crippen LogP contribution in [0.15, 0.2) is 41.3 Å². The summed E-state index contributed by atoms with van der Waals surface area (Å²) in [4.78, 5) is 25.6. The normalized spacial score (nSPS) is 14.0. The number of nitro groups is 1. The molecule has 3 aromatic rings. The molecule has 26 heavy (non-hydrogen) atoms. The monoisotopic (exact) mass is 415 g/mol. The quantitative estimate of drug-likeness (QED) is 0.467. The third-order valence-corrected chi connectivity index (χ3v) is 4.94. The number of halogens is 1. The largest absolute Gasteiger partial charge is 0.431 e. The number of benzene rings is 1. The Labute approximate surface area is 157 Å². The van der Waals surface area contributed by atoms with E-state index in [1.165, 1.54) is 6.33 Å². The van der Waals surface area contributed by atoms with E-state index in [1.807, 2.05) is 23.1 Å². The number of nitrogens with zero attached hydrogens (tertiary/aromatic N) is 5. The van der Waals surface area contributed by atoms with Crippen molar-refractivity contribution in [3.05, 3.63) is 51.4 Å². The summed E-state index contributed by atoms with van der Waals surface area (Å²) >= 11 is 3.47. The predicted octanol–water partition coefficient (Wildman–Crippen LogP) is 4.09. The number of pyridine rings is 1. The second-order valence-electron chi connectivity index (χ2n) is 5.85. The molecule has 0 aliphatic carbocycles. The van der Waals surface area contributed by atoms with Gasteiger partial charge in [0.05, 0.1) is 4.92 Å². The van der Waals surface area contributed by atoms with Gasteiger partial charge in [-0.05, 0) is 31.0 Å². The molecule has 0 bridgehead atoms. The van der Waals surface area contributed by atoms with Gasteiger partial charge >= 0.3 is 11.6 Å². The Morgan fingerprint density at radius 3 is 2.73 bits per heavy atom. The summed E-state index contributed by atoms with van der Waals surface area (Å²) < 4.78 is 6.70. The zero-order chi connectivity index (χ0) is 18.1. The molecule has 4 rings (SSSR count). The van der Waals surface area contributed by atoms with Crippen molar-refractivity contribution in [1.29, 1.82) is 0 Å². The molecule has 1 aromatic carbocycles. The van der Waals surface area contributed by atoms with Gasteiger partial charge in [-0.15, -0.1) is 0 Å². The fourth-order valence-corrected chi connectivity index (χ4v) is 3.50. The van der Waals surface area contributed by atoms with Crippen LogP contribution < -0.4 is 9.64 Å². The molecule has 1 aliphatic heterocycles. The first kappa shape index (κ1) is 16.6. The Hall–Kier alpha value is -2.81. The average Bonchev–Trinajstić information content (AvgIpc) is 3.18. The van der Waals surface area contributed by atoms with Gasteiger partial charge in [0.2, 0.25) is 5.82 Å². The van der Waals surface area contributed by atoms with E-state index in [0.717, 1.165) is 35.8 Å². The van der Waals surface area contributed by atoms with Crippen LogP contribution in [0.5, 0.6) is 11.6 Å². The van der Waals surface area contributed by atoms with Crippen LogP contribution in [0, 0.1) is 10.1 Å². The van der Waals surface area contributed by atoms with Crippen LogP contribution in [0.3, 0.4) is 0 Å². The SMILES string of the molecule is O=[N+]([O-])c1c(Oc2ccc(Br)c3cccnc23)ncnc1N1CCCC1. The summed E-state index contributed by atoms with van der Waals surface area (Å²) in [6.07, 6.45) is 4.91. The van der Waals surface area contributed by atoms with Gasteiger partial charge in [0.1, 0.15) is 11.8 Å². The van der Waals surface area contributed by atoms with Crippen molar-refractivity contribution in [2.24, 2.45) is 0 Å². The third-order valence-electron chi connectivity index (χ3n) is 4.24. The van der Waals surface area contributed by atoms with Gasteiger partial charge < -0.3 is 9.64 Å². The molecule has 1 aliphatic rings. The van der Waals surface area contributed by atoms with Crippen LogP contribution in [0.25, 0.3) is 10.9 Å². The lowest BCUT2D eigenvalue weighted by molar-refractivity contribution is -0.385. The molecule has 0 amide bonds. The van der Waals surface area contributed by atoms with E-state index in [9.17, 15) is 10.1 Å². The number of rotatable bonds is 4. The maximum absolute atomic E-state index is 11.7. The molecule has 2 aromatic heterocycles. The predicted molar refractivity (Wildman–Crippen MR) is 99.7 cm³/mol. The highest BCUT2D eigenvalue weighted by atomic mass is 79.9. The number of aromatic nitrogens is 3. The van der Waals surface area contributed by atoms with E-state index in [2.05, 4.69) is 30.9 Å². The zero-order valence-electron chi connectivity index (χ0n) is 13.6. The van der Waals surface area contributed by atoms with Crippen LogP contribution in [-0.2, 0) is 0 Å². The van der Waals surface area contributed by atoms with Gasteiger partial charge in [-0.1, -0.05) is 22.0 Å². The Bertz CT molecular complexity index is 991. The standard InChI is InChI=1S/C17H14BrN5O3/c18-12-5-6-13(14-11(12)4-3-7-19-14)26-17-15(23(24)25)16(20-10-21-17)22-8-1-2-9-22/h3-7,10H,1-2,8-9H2. The van der Waals surface area contributed by atoms with E-state index in [4.69, 9.17) is 4.74 Å². The lowest BCUT2D eigenvalue weighted by atomic mass is 10.2. The topological polar surface area (TPSA) is 94.3 Å². The number of hydrogen-bond acceptors (Lipinski definition) is 7. The maximum Gasteiger partial charge on any atom is 0.373 e. The highest BCUT2D eigenvalue weighted by Crippen LogP contribution is 2.39. The molecule has 0 unspecified atom stereocenters. The van der Waals surface area contributed by atoms with Gasteiger partial charge in [-0.3, -0.25) is 15.1 Å². The van der Waals surface area contributed by atoms with E-state index in [-0.39, 0.29) is 11.6 Å². The summed E-state index contributed by atoms with van der Waals surface area (Å²) in [5.74, 6) is 0.617. The molecule has 9 heteroatoms. The van der Waals surface area contributed by atoms with Crippen molar-refractivity contribution in [3.8, 4) is 11.6 Å². The van der Waals surface area contributed by atoms with Gasteiger partial charge in [0.15, 0.2) is 5.75 Å². The van der Waals surface area contributed by atoms with Crippen molar-refractivity contribution in [3.63, 3.8) is 0 Å². The molecule has 1 saturated heterocycles. The van der Waals surface area contributed by atoms with Crippen molar-refractivity contribution in [2.45, 2.75) is 12.8 Å². The summed E-state index contributed by atoms with van der Waals surface area (Å²) in [7, 11) is 0. The Morgan fingerprint density at radius 2 is 1.96 bits per heavy atom. The van der Waals surface area contributed by atoms with E-state index >= 15 is 0 Å². The lowest BCUT2D eigenvalue weighted by Crippen LogP contribution is -2.20. The summed E-state index contributed by atoms with van der Waals surface area (Å²) in [5, 5.41) is 12.6. The number of hydrogen-bond donors (Lipinski definition) is 0. The molecule has 132 valence electrons. The smallest absolute Gasteiger partial charge is 0.373 e. The van der Waals surface area contributed by atoms with Crippen LogP contribution in [0.1, 0.15) is 12.8 Å². The summed E-state index contributed by atoms with van der Waals surface area (Å²) in [6, 6.07) is 7.23. The summed E-state index contributed by atoms with van der Waals surface area (Å²) in [6.45, 7) is 1.47. The molecule has 0 N–H and O–H groups in total. The van der Waals surface area contributed by atoms with E-state index < -0.39 is 4.92 Å². The number of ether oxygens (including phenoxy) is 1. The van der Waals surface area contributed by atoms with Gasteiger partial charge in [0.25, 0.3) is 0 Å². The van der Waals surface area contributed by atoms with Crippen molar-refractivity contribution in [2.75, 3.05) is 18.0 Å². The molecule has 3 heterocycles. The van der Waals surface area contributed by atoms with Gasteiger partial charge in [-0.2, -0.15) is 4.98 Å². The van der Waals surface area contributed by atoms with E-state index in [1.54, 1.807) is 12.3 Å². The van der Waals surface area contributed by atoms with Crippen molar-refractivity contribution < 1.29 is 9.66 Å². The molecule has 8 nitrogen and oxygen atoms in total. The highest BCUT2D eigenvalue weighted by Gasteiger charge is 2.30. The molecule has 0 radical (unpaired) electrons. The van der Waals surface area contributed by atoms with Crippen LogP contribution >= 0.6 is 15.9 Å².